The first-order valence-electron chi connectivity index (χ1n) is 13.4. The first kappa shape index (κ1) is 25.7. The Morgan fingerprint density at radius 2 is 1.32 bits per heavy atom. The summed E-state index contributed by atoms with van der Waals surface area (Å²) in [7, 11) is 0. The number of nitrogens with zero attached hydrogens (tertiary/aromatic N) is 1. The van der Waals surface area contributed by atoms with Crippen molar-refractivity contribution in [2.75, 3.05) is 0 Å². The van der Waals surface area contributed by atoms with Gasteiger partial charge >= 0.3 is 0 Å². The van der Waals surface area contributed by atoms with Crippen LogP contribution < -0.4 is 4.57 Å². The van der Waals surface area contributed by atoms with Crippen molar-refractivity contribution in [3.63, 3.8) is 0 Å². The van der Waals surface area contributed by atoms with Gasteiger partial charge in [-0.05, 0) is 24.8 Å². The Morgan fingerprint density at radius 3 is 1.84 bits per heavy atom. The maximum absolute atomic E-state index is 3.24. The van der Waals surface area contributed by atoms with Crippen LogP contribution in [0.4, 0.5) is 0 Å². The van der Waals surface area contributed by atoms with E-state index in [2.05, 4.69) is 66.3 Å². The Kier molecular flexibility index (Phi) is 14.1. The van der Waals surface area contributed by atoms with Crippen LogP contribution in [0.5, 0.6) is 0 Å². The van der Waals surface area contributed by atoms with Crippen LogP contribution in [0.1, 0.15) is 122 Å². The minimum atomic E-state index is 0.587. The fraction of sp³-hybridized carbons (Fsp3) is 0.690. The maximum Gasteiger partial charge on any atom is 0.241 e. The summed E-state index contributed by atoms with van der Waals surface area (Å²) in [4.78, 5) is 3.24. The van der Waals surface area contributed by atoms with Gasteiger partial charge in [0, 0.05) is 5.92 Å². The van der Waals surface area contributed by atoms with E-state index in [1.165, 1.54) is 108 Å². The molecule has 0 aliphatic carbocycles. The number of hydrogen-bond acceptors (Lipinski definition) is 0. The zero-order valence-corrected chi connectivity index (χ0v) is 20.5. The van der Waals surface area contributed by atoms with Gasteiger partial charge in [0.15, 0.2) is 0 Å². The molecule has 0 radical (unpaired) electrons. The molecule has 1 aromatic heterocycles. The lowest BCUT2D eigenvalue weighted by Crippen LogP contribution is -2.42. The van der Waals surface area contributed by atoms with E-state index in [1.807, 2.05) is 6.20 Å². The number of aromatic nitrogens is 2. The Balaban J connectivity index is 1.63. The van der Waals surface area contributed by atoms with E-state index in [9.17, 15) is 0 Å². The van der Waals surface area contributed by atoms with Gasteiger partial charge in [-0.3, -0.25) is 4.98 Å². The predicted molar refractivity (Wildman–Crippen MR) is 134 cm³/mol. The number of imidazole rings is 1. The summed E-state index contributed by atoms with van der Waals surface area (Å²) in [5.41, 5.74) is 1.48. The highest BCUT2D eigenvalue weighted by Crippen LogP contribution is 2.27. The average molecular weight is 426 g/mol. The van der Waals surface area contributed by atoms with Crippen molar-refractivity contribution < 1.29 is 4.57 Å². The van der Waals surface area contributed by atoms with Gasteiger partial charge in [-0.25, -0.2) is 4.57 Å². The summed E-state index contributed by atoms with van der Waals surface area (Å²) >= 11 is 0. The van der Waals surface area contributed by atoms with Gasteiger partial charge in [-0.2, -0.15) is 0 Å². The van der Waals surface area contributed by atoms with Crippen molar-refractivity contribution in [2.24, 2.45) is 5.92 Å². The number of unbranched alkanes of at least 4 members (excludes halogenated alkanes) is 12. The molecule has 0 aliphatic heterocycles. The summed E-state index contributed by atoms with van der Waals surface area (Å²) < 4.78 is 2.40. The lowest BCUT2D eigenvalue weighted by Gasteiger charge is -2.24. The topological polar surface area (TPSA) is 19.7 Å². The molecule has 1 aromatic carbocycles. The fourth-order valence-corrected chi connectivity index (χ4v) is 5.07. The van der Waals surface area contributed by atoms with E-state index < -0.39 is 0 Å². The monoisotopic (exact) mass is 425 g/mol. The molecular formula is C29H49N2+. The Labute approximate surface area is 192 Å². The first-order valence-corrected chi connectivity index (χ1v) is 13.4. The third kappa shape index (κ3) is 11.0. The minimum Gasteiger partial charge on any atom is -0.250 e. The highest BCUT2D eigenvalue weighted by Gasteiger charge is 2.25. The normalized spacial score (nSPS) is 13.4. The van der Waals surface area contributed by atoms with Crippen LogP contribution in [0.3, 0.4) is 0 Å². The number of nitrogens with one attached hydrogen (secondary N) is 1. The van der Waals surface area contributed by atoms with Gasteiger partial charge in [-0.15, -0.1) is 0 Å². The summed E-state index contributed by atoms with van der Waals surface area (Å²) in [5, 5.41) is 0. The zero-order chi connectivity index (χ0) is 22.0. The van der Waals surface area contributed by atoms with Crippen LogP contribution in [-0.4, -0.2) is 4.98 Å². The van der Waals surface area contributed by atoms with Crippen molar-refractivity contribution in [3.8, 4) is 0 Å². The molecule has 2 aromatic rings. The summed E-state index contributed by atoms with van der Waals surface area (Å²) in [6, 6.07) is 11.7. The lowest BCUT2D eigenvalue weighted by atomic mass is 9.86. The Bertz CT molecular complexity index is 619. The van der Waals surface area contributed by atoms with Crippen molar-refractivity contribution in [1.82, 2.24) is 4.98 Å². The van der Waals surface area contributed by atoms with Gasteiger partial charge < -0.3 is 0 Å². The van der Waals surface area contributed by atoms with Gasteiger partial charge in [0.1, 0.15) is 18.4 Å². The van der Waals surface area contributed by atoms with E-state index in [1.54, 1.807) is 0 Å². The van der Waals surface area contributed by atoms with Crippen molar-refractivity contribution in [2.45, 2.75) is 123 Å². The highest BCUT2D eigenvalue weighted by atomic mass is 15.1. The van der Waals surface area contributed by atoms with Gasteiger partial charge in [0.2, 0.25) is 6.33 Å². The Hall–Kier alpha value is -1.57. The number of rotatable bonds is 19. The highest BCUT2D eigenvalue weighted by molar-refractivity contribution is 5.15. The van der Waals surface area contributed by atoms with Crippen LogP contribution >= 0.6 is 0 Å². The van der Waals surface area contributed by atoms with Crippen molar-refractivity contribution in [3.05, 3.63) is 54.6 Å². The Morgan fingerprint density at radius 1 is 0.742 bits per heavy atom. The van der Waals surface area contributed by atoms with E-state index >= 15 is 0 Å². The summed E-state index contributed by atoms with van der Waals surface area (Å²) in [6.45, 7) is 4.64. The molecule has 0 spiro atoms. The predicted octanol–water partition coefficient (Wildman–Crippen LogP) is 8.59. The number of benzene rings is 1. The van der Waals surface area contributed by atoms with E-state index in [0.29, 0.717) is 12.0 Å². The molecule has 174 valence electrons. The first-order chi connectivity index (χ1) is 15.3. The molecule has 2 atom stereocenters. The van der Waals surface area contributed by atoms with Crippen LogP contribution in [0, 0.1) is 5.92 Å². The molecule has 2 nitrogen and oxygen atoms in total. The number of hydrogen-bond donors (Lipinski definition) is 1. The van der Waals surface area contributed by atoms with Gasteiger partial charge in [-0.1, -0.05) is 128 Å². The molecule has 0 saturated heterocycles. The third-order valence-corrected chi connectivity index (χ3v) is 6.93. The quantitative estimate of drug-likeness (QED) is 0.172. The molecule has 1 N–H and O–H groups in total. The van der Waals surface area contributed by atoms with Crippen LogP contribution in [0.15, 0.2) is 49.1 Å². The van der Waals surface area contributed by atoms with E-state index in [4.69, 9.17) is 0 Å². The molecule has 0 saturated carbocycles. The molecule has 0 amide bonds. The second kappa shape index (κ2) is 17.0. The largest absolute Gasteiger partial charge is 0.250 e. The minimum absolute atomic E-state index is 0.587. The molecule has 2 rings (SSSR count). The van der Waals surface area contributed by atoms with Gasteiger partial charge in [0.05, 0.1) is 0 Å². The summed E-state index contributed by atoms with van der Waals surface area (Å²) in [5.74, 6) is 0.709. The third-order valence-electron chi connectivity index (χ3n) is 6.93. The van der Waals surface area contributed by atoms with Crippen molar-refractivity contribution >= 4 is 0 Å². The molecule has 31 heavy (non-hydrogen) atoms. The van der Waals surface area contributed by atoms with Gasteiger partial charge in [0.25, 0.3) is 0 Å². The molecule has 2 unspecified atom stereocenters. The molecule has 0 fully saturated rings. The molecule has 0 bridgehead atoms. The van der Waals surface area contributed by atoms with Crippen LogP contribution in [0.25, 0.3) is 0 Å². The van der Waals surface area contributed by atoms with Crippen LogP contribution in [0.2, 0.25) is 0 Å². The van der Waals surface area contributed by atoms with Crippen molar-refractivity contribution in [1.29, 1.82) is 0 Å². The number of aromatic amines is 1. The lowest BCUT2D eigenvalue weighted by molar-refractivity contribution is -0.729. The molecule has 0 aliphatic rings. The second-order valence-electron chi connectivity index (χ2n) is 9.52. The van der Waals surface area contributed by atoms with E-state index in [0.717, 1.165) is 0 Å². The smallest absolute Gasteiger partial charge is 0.241 e. The second-order valence-corrected chi connectivity index (χ2v) is 9.52. The zero-order valence-electron chi connectivity index (χ0n) is 20.5. The fourth-order valence-electron chi connectivity index (χ4n) is 5.07. The molecule has 2 heteroatoms. The van der Waals surface area contributed by atoms with Crippen LogP contribution in [-0.2, 0) is 6.42 Å². The SMILES string of the molecule is CCCCCCCCCCCCCCCC(Cc1ccccc1)C(CC)[n+]1cc[nH]c1. The molecule has 1 heterocycles. The molecular weight excluding hydrogens is 376 g/mol. The maximum atomic E-state index is 3.24. The van der Waals surface area contributed by atoms with E-state index in [-0.39, 0.29) is 0 Å². The average Bonchev–Trinajstić information content (AvgIpc) is 3.32. The number of H-pyrrole nitrogens is 1. The standard InChI is InChI=1S/C29H48N2/c1-3-5-6-7-8-9-10-11-12-13-14-15-19-22-28(25-27-20-17-16-18-21-27)29(4-2)31-24-23-30-26-31/h16-18,20-21,23-24,26,28-29H,3-15,19,22,25H2,1-2H3/p+1. The summed E-state index contributed by atoms with van der Waals surface area (Å²) in [6.07, 6.45) is 28.7.